The van der Waals surface area contributed by atoms with Crippen LogP contribution in [0.15, 0.2) is 87.3 Å². The molecule has 0 unspecified atom stereocenters. The molecule has 0 aliphatic carbocycles. The average molecular weight is 703 g/mol. The van der Waals surface area contributed by atoms with Crippen LogP contribution in [0.1, 0.15) is 33.3 Å². The molecule has 0 saturated carbocycles. The molecule has 11 heteroatoms. The van der Waals surface area contributed by atoms with Crippen LogP contribution < -0.4 is 20.0 Å². The average Bonchev–Trinajstić information content (AvgIpc) is 3.76. The van der Waals surface area contributed by atoms with E-state index in [9.17, 15) is 18.0 Å². The second-order valence-corrected chi connectivity index (χ2v) is 14.3. The summed E-state index contributed by atoms with van der Waals surface area (Å²) in [4.78, 5) is 38.4. The molecule has 0 amide bonds. The second kappa shape index (κ2) is 9.51. The standard InChI is InChI=1S/C37H14N4O6S.2C2H6/c42-36-17-9-14-13-46-23-10-15-27-18(37(43)40-21-7-3-1-5-19(21)38-34(15)40)11-24-30-31-25(48(44,45)47-24)12-16(28(17)32(31)26(14)29(23)33(27)30)35-39-20-6-2-4-8-22(20)41(35)36;2*1-2/h1-12H,13H2;2*1-2H3. The Bertz CT molecular complexity index is 3660. The summed E-state index contributed by atoms with van der Waals surface area (Å²) >= 11 is 0. The summed E-state index contributed by atoms with van der Waals surface area (Å²) < 4.78 is 43.9. The van der Waals surface area contributed by atoms with Crippen molar-refractivity contribution >= 4 is 108 Å². The van der Waals surface area contributed by atoms with Crippen LogP contribution >= 0.6 is 0 Å². The summed E-state index contributed by atoms with van der Waals surface area (Å²) in [5, 5.41) is 7.28. The third-order valence-electron chi connectivity index (χ3n) is 10.6. The Balaban J connectivity index is 0.000000777. The van der Waals surface area contributed by atoms with Crippen molar-refractivity contribution in [3.05, 3.63) is 99.1 Å². The van der Waals surface area contributed by atoms with Crippen molar-refractivity contribution in [2.24, 2.45) is 0 Å². The largest absolute Gasteiger partial charge is 0.488 e. The zero-order valence-electron chi connectivity index (χ0n) is 28.3. The second-order valence-electron chi connectivity index (χ2n) is 12.8. The first-order valence-corrected chi connectivity index (χ1v) is 18.8. The van der Waals surface area contributed by atoms with Gasteiger partial charge in [0.2, 0.25) is 0 Å². The number of fused-ring (bicyclic) bond motifs is 8. The van der Waals surface area contributed by atoms with E-state index in [0.717, 1.165) is 16.3 Å². The minimum atomic E-state index is -4.37. The van der Waals surface area contributed by atoms with E-state index in [0.29, 0.717) is 93.0 Å². The van der Waals surface area contributed by atoms with Gasteiger partial charge in [-0.3, -0.25) is 18.4 Å². The molecule has 0 saturated heterocycles. The Morgan fingerprint density at radius 3 is 1.73 bits per heavy atom. The zero-order chi connectivity index (χ0) is 35.5. The number of imidazole rings is 2. The molecule has 0 atom stereocenters. The Labute approximate surface area is 293 Å². The summed E-state index contributed by atoms with van der Waals surface area (Å²) in [6.45, 7) is 8.17. The molecule has 2 aliphatic heterocycles. The number of nitrogens with zero attached hydrogens (tertiary/aromatic N) is 4. The van der Waals surface area contributed by atoms with Gasteiger partial charge in [0.1, 0.15) is 28.5 Å². The smallest absolute Gasteiger partial charge is 0.339 e. The molecule has 252 valence electrons. The molecule has 13 rings (SSSR count). The maximum Gasteiger partial charge on any atom is 0.339 e. The molecule has 10 nitrogen and oxygen atoms in total. The lowest BCUT2D eigenvalue weighted by molar-refractivity contribution is 0.309. The summed E-state index contributed by atoms with van der Waals surface area (Å²) in [6.07, 6.45) is 0. The molecule has 52 heavy (non-hydrogen) atoms. The Hall–Kier alpha value is -6.33. The monoisotopic (exact) mass is 702 g/mol. The minimum Gasteiger partial charge on any atom is -0.488 e. The number of para-hydroxylation sites is 4. The summed E-state index contributed by atoms with van der Waals surface area (Å²) in [7, 11) is -4.37. The van der Waals surface area contributed by atoms with Crippen molar-refractivity contribution in [2.75, 3.05) is 0 Å². The lowest BCUT2D eigenvalue weighted by Crippen LogP contribution is -2.20. The van der Waals surface area contributed by atoms with Crippen molar-refractivity contribution in [1.82, 2.24) is 18.8 Å². The minimum absolute atomic E-state index is 0.00132. The van der Waals surface area contributed by atoms with E-state index in [2.05, 4.69) is 0 Å². The topological polar surface area (TPSA) is 121 Å². The third kappa shape index (κ3) is 3.12. The maximum absolute atomic E-state index is 14.4. The Morgan fingerprint density at radius 1 is 0.577 bits per heavy atom. The highest BCUT2D eigenvalue weighted by molar-refractivity contribution is 7.87. The van der Waals surface area contributed by atoms with Gasteiger partial charge in [-0.2, -0.15) is 8.42 Å². The number of aromatic nitrogens is 4. The molecule has 4 aromatic heterocycles. The lowest BCUT2D eigenvalue weighted by atomic mass is 9.82. The fraction of sp³-hybridized carbons (Fsp3) is 0.122. The first-order valence-electron chi connectivity index (χ1n) is 17.4. The van der Waals surface area contributed by atoms with Gasteiger partial charge in [0.05, 0.1) is 27.5 Å². The van der Waals surface area contributed by atoms with E-state index in [1.54, 1.807) is 20.9 Å². The Kier molecular flexibility index (Phi) is 5.37. The van der Waals surface area contributed by atoms with Crippen LogP contribution in [0, 0.1) is 0 Å². The van der Waals surface area contributed by atoms with E-state index in [4.69, 9.17) is 18.9 Å². The first kappa shape index (κ1) is 29.4. The first-order chi connectivity index (χ1) is 25.4. The lowest BCUT2D eigenvalue weighted by Gasteiger charge is -2.29. The van der Waals surface area contributed by atoms with Gasteiger partial charge in [-0.15, -0.1) is 0 Å². The molecule has 2 aliphatic rings. The van der Waals surface area contributed by atoms with Crippen LogP contribution in [0.25, 0.3) is 98.0 Å². The maximum atomic E-state index is 14.4. The van der Waals surface area contributed by atoms with Gasteiger partial charge < -0.3 is 8.92 Å². The zero-order valence-corrected chi connectivity index (χ0v) is 29.1. The number of hydrogen-bond donors (Lipinski definition) is 0. The van der Waals surface area contributed by atoms with Gasteiger partial charge in [-0.1, -0.05) is 52.0 Å². The van der Waals surface area contributed by atoms with E-state index in [-0.39, 0.29) is 28.4 Å². The molecule has 0 spiro atoms. The van der Waals surface area contributed by atoms with Crippen LogP contribution in [-0.2, 0) is 16.7 Å². The van der Waals surface area contributed by atoms with Crippen molar-refractivity contribution in [1.29, 1.82) is 0 Å². The highest BCUT2D eigenvalue weighted by atomic mass is 32.2. The highest BCUT2D eigenvalue weighted by Gasteiger charge is 2.37. The van der Waals surface area contributed by atoms with Gasteiger partial charge >= 0.3 is 10.1 Å². The van der Waals surface area contributed by atoms with Crippen molar-refractivity contribution in [3.8, 4) is 11.5 Å². The normalized spacial score (nSPS) is 14.5. The molecule has 0 radical (unpaired) electrons. The fourth-order valence-electron chi connectivity index (χ4n) is 8.85. The van der Waals surface area contributed by atoms with E-state index >= 15 is 0 Å². The van der Waals surface area contributed by atoms with Crippen LogP contribution in [-0.4, -0.2) is 27.2 Å². The summed E-state index contributed by atoms with van der Waals surface area (Å²) in [6, 6.07) is 21.7. The van der Waals surface area contributed by atoms with E-state index < -0.39 is 10.1 Å². The van der Waals surface area contributed by atoms with Crippen molar-refractivity contribution < 1.29 is 17.3 Å². The SMILES string of the molecule is CC.CC.O=c1c2cc3c4c5c(cc6c7c(cc8c(c9c(cc(c2c94)c2nc4ccccc4n12)OC8)c57)c(=O)n1c2ccccc2nc61)S(=O)(=O)O3. The highest BCUT2D eigenvalue weighted by Crippen LogP contribution is 2.56. The van der Waals surface area contributed by atoms with Gasteiger partial charge in [-0.05, 0) is 54.1 Å². The number of benzene rings is 7. The van der Waals surface area contributed by atoms with Gasteiger partial charge in [0, 0.05) is 59.2 Å². The van der Waals surface area contributed by atoms with Crippen molar-refractivity contribution in [2.45, 2.75) is 39.2 Å². The van der Waals surface area contributed by atoms with E-state index in [1.165, 1.54) is 0 Å². The predicted molar refractivity (Wildman–Crippen MR) is 205 cm³/mol. The van der Waals surface area contributed by atoms with Crippen molar-refractivity contribution in [3.63, 3.8) is 0 Å². The summed E-state index contributed by atoms with van der Waals surface area (Å²) in [5.41, 5.74) is 3.66. The van der Waals surface area contributed by atoms with Gasteiger partial charge in [0.25, 0.3) is 11.1 Å². The Morgan fingerprint density at radius 2 is 1.10 bits per heavy atom. The molecule has 0 bridgehead atoms. The number of hydrogen-bond acceptors (Lipinski definition) is 8. The molecule has 0 fully saturated rings. The molecule has 6 heterocycles. The third-order valence-corrected chi connectivity index (χ3v) is 11.9. The summed E-state index contributed by atoms with van der Waals surface area (Å²) in [5.74, 6) is 0.659. The quantitative estimate of drug-likeness (QED) is 0.0880. The van der Waals surface area contributed by atoms with Gasteiger partial charge in [0.15, 0.2) is 5.75 Å². The molecular weight excluding hydrogens is 677 g/mol. The number of rotatable bonds is 0. The van der Waals surface area contributed by atoms with E-state index in [1.807, 2.05) is 88.4 Å². The molecule has 11 aromatic rings. The predicted octanol–water partition coefficient (Wildman–Crippen LogP) is 8.27. The molecule has 0 N–H and O–H groups in total. The molecule has 7 aromatic carbocycles. The fourth-order valence-corrected chi connectivity index (χ4v) is 10.0. The van der Waals surface area contributed by atoms with Gasteiger partial charge in [-0.25, -0.2) is 9.97 Å². The molecular formula is C41H26N4O6S. The van der Waals surface area contributed by atoms with Crippen LogP contribution in [0.2, 0.25) is 0 Å². The number of ether oxygens (including phenoxy) is 1. The van der Waals surface area contributed by atoms with Crippen LogP contribution in [0.4, 0.5) is 0 Å². The number of pyridine rings is 2. The van der Waals surface area contributed by atoms with Crippen LogP contribution in [0.5, 0.6) is 11.5 Å². The van der Waals surface area contributed by atoms with Crippen LogP contribution in [0.3, 0.4) is 0 Å².